The van der Waals surface area contributed by atoms with Crippen LogP contribution in [0, 0.1) is 0 Å². The van der Waals surface area contributed by atoms with Crippen molar-refractivity contribution >= 4 is 51.2 Å². The van der Waals surface area contributed by atoms with Crippen molar-refractivity contribution in [2.45, 2.75) is 0 Å². The van der Waals surface area contributed by atoms with Gasteiger partial charge in [0.15, 0.2) is 0 Å². The van der Waals surface area contributed by atoms with Crippen molar-refractivity contribution < 1.29 is 4.79 Å². The highest BCUT2D eigenvalue weighted by molar-refractivity contribution is 8.26. The lowest BCUT2D eigenvalue weighted by atomic mass is 10.0. The van der Waals surface area contributed by atoms with E-state index in [4.69, 9.17) is 12.2 Å². The third kappa shape index (κ3) is 2.81. The van der Waals surface area contributed by atoms with Crippen LogP contribution in [-0.2, 0) is 4.79 Å². The van der Waals surface area contributed by atoms with E-state index in [0.717, 1.165) is 22.2 Å². The number of thioether (sulfide) groups is 1. The van der Waals surface area contributed by atoms with Gasteiger partial charge in [-0.2, -0.15) is 0 Å². The van der Waals surface area contributed by atoms with Gasteiger partial charge in [0.25, 0.3) is 5.91 Å². The molecule has 1 aliphatic rings. The summed E-state index contributed by atoms with van der Waals surface area (Å²) < 4.78 is 0.509. The lowest BCUT2D eigenvalue weighted by molar-refractivity contribution is -0.115. The zero-order chi connectivity index (χ0) is 15.8. The smallest absolute Gasteiger partial charge is 0.263 e. The van der Waals surface area contributed by atoms with Gasteiger partial charge >= 0.3 is 0 Å². The number of thiocarbonyl (C=S) groups is 1. The van der Waals surface area contributed by atoms with Crippen molar-refractivity contribution in [3.05, 3.63) is 65.2 Å². The molecular formula is C18H12N2OS2. The number of aromatic nitrogens is 1. The number of rotatable bonds is 2. The number of amides is 1. The average molecular weight is 336 g/mol. The van der Waals surface area contributed by atoms with Crippen molar-refractivity contribution in [1.82, 2.24) is 10.3 Å². The molecule has 23 heavy (non-hydrogen) atoms. The molecule has 2 N–H and O–H groups in total. The Kier molecular flexibility index (Phi) is 3.52. The summed E-state index contributed by atoms with van der Waals surface area (Å²) in [6.45, 7) is 0. The van der Waals surface area contributed by atoms with Gasteiger partial charge in [-0.3, -0.25) is 4.79 Å². The maximum absolute atomic E-state index is 11.8. The van der Waals surface area contributed by atoms with Gasteiger partial charge in [0.05, 0.1) is 4.91 Å². The van der Waals surface area contributed by atoms with Gasteiger partial charge in [-0.05, 0) is 46.4 Å². The molecule has 1 saturated heterocycles. The zero-order valence-electron chi connectivity index (χ0n) is 12.0. The highest BCUT2D eigenvalue weighted by Gasteiger charge is 2.21. The van der Waals surface area contributed by atoms with Crippen molar-refractivity contribution in [1.29, 1.82) is 0 Å². The Morgan fingerprint density at radius 1 is 1.04 bits per heavy atom. The number of nitrogens with one attached hydrogen (secondary N) is 2. The molecule has 1 amide bonds. The van der Waals surface area contributed by atoms with Gasteiger partial charge in [0, 0.05) is 11.7 Å². The van der Waals surface area contributed by atoms with E-state index in [1.54, 1.807) is 0 Å². The number of hydrogen-bond donors (Lipinski definition) is 2. The minimum Gasteiger partial charge on any atom is -0.361 e. The second-order valence-corrected chi connectivity index (χ2v) is 6.98. The van der Waals surface area contributed by atoms with Crippen LogP contribution in [0.1, 0.15) is 5.56 Å². The Morgan fingerprint density at radius 3 is 2.74 bits per heavy atom. The second-order valence-electron chi connectivity index (χ2n) is 5.26. The minimum atomic E-state index is -0.127. The van der Waals surface area contributed by atoms with E-state index < -0.39 is 0 Å². The summed E-state index contributed by atoms with van der Waals surface area (Å²) in [6, 6.07) is 16.5. The van der Waals surface area contributed by atoms with Crippen molar-refractivity contribution in [3.63, 3.8) is 0 Å². The van der Waals surface area contributed by atoms with Gasteiger partial charge in [0.2, 0.25) is 0 Å². The van der Waals surface area contributed by atoms with Gasteiger partial charge < -0.3 is 10.3 Å². The Morgan fingerprint density at radius 2 is 1.91 bits per heavy atom. The largest absolute Gasteiger partial charge is 0.361 e. The molecule has 4 rings (SSSR count). The molecule has 0 bridgehead atoms. The molecule has 0 radical (unpaired) electrons. The molecule has 1 fully saturated rings. The van der Waals surface area contributed by atoms with E-state index in [9.17, 15) is 4.79 Å². The van der Waals surface area contributed by atoms with Crippen LogP contribution in [0.4, 0.5) is 0 Å². The van der Waals surface area contributed by atoms with Crippen LogP contribution >= 0.6 is 24.0 Å². The first kappa shape index (κ1) is 14.2. The van der Waals surface area contributed by atoms with Crippen LogP contribution < -0.4 is 5.32 Å². The van der Waals surface area contributed by atoms with E-state index in [0.29, 0.717) is 9.23 Å². The topological polar surface area (TPSA) is 44.9 Å². The fourth-order valence-corrected chi connectivity index (χ4v) is 3.65. The molecule has 0 aliphatic carbocycles. The highest BCUT2D eigenvalue weighted by atomic mass is 32.2. The molecule has 5 heteroatoms. The minimum absolute atomic E-state index is 0.127. The molecule has 1 aliphatic heterocycles. The van der Waals surface area contributed by atoms with E-state index >= 15 is 0 Å². The predicted molar refractivity (Wildman–Crippen MR) is 100 cm³/mol. The molecular weight excluding hydrogens is 324 g/mol. The standard InChI is InChI=1S/C18H12N2OS2/c21-17-16(23-18(22)20-17)9-11-2-1-3-13(8-11)14-5-4-12-6-7-19-15(12)10-14/h1-10,19H,(H,20,21,22). The van der Waals surface area contributed by atoms with E-state index in [1.807, 2.05) is 24.4 Å². The number of benzene rings is 2. The van der Waals surface area contributed by atoms with E-state index in [1.165, 1.54) is 17.1 Å². The van der Waals surface area contributed by atoms with E-state index in [2.05, 4.69) is 46.7 Å². The van der Waals surface area contributed by atoms with Gasteiger partial charge in [-0.1, -0.05) is 54.3 Å². The number of aromatic amines is 1. The second kappa shape index (κ2) is 5.68. The fraction of sp³-hybridized carbons (Fsp3) is 0. The summed E-state index contributed by atoms with van der Waals surface area (Å²) in [5, 5.41) is 3.83. The number of H-pyrrole nitrogens is 1. The number of carbonyl (C=O) groups excluding carboxylic acids is 1. The predicted octanol–water partition coefficient (Wildman–Crippen LogP) is 4.32. The molecule has 1 aromatic heterocycles. The Balaban J connectivity index is 1.72. The first-order chi connectivity index (χ1) is 11.2. The fourth-order valence-electron chi connectivity index (χ4n) is 2.61. The SMILES string of the molecule is O=C1NC(=S)SC1=Cc1cccc(-c2ccc3cc[nH]c3c2)c1. The molecule has 3 nitrogen and oxygen atoms in total. The monoisotopic (exact) mass is 336 g/mol. The number of carbonyl (C=O) groups is 1. The lowest BCUT2D eigenvalue weighted by Gasteiger charge is -2.04. The first-order valence-corrected chi connectivity index (χ1v) is 8.34. The highest BCUT2D eigenvalue weighted by Crippen LogP contribution is 2.28. The van der Waals surface area contributed by atoms with Crippen molar-refractivity contribution in [2.75, 3.05) is 0 Å². The van der Waals surface area contributed by atoms with Crippen LogP contribution in [0.15, 0.2) is 59.6 Å². The van der Waals surface area contributed by atoms with Crippen LogP contribution in [0.3, 0.4) is 0 Å². The number of fused-ring (bicyclic) bond motifs is 1. The maximum Gasteiger partial charge on any atom is 0.263 e. The Bertz CT molecular complexity index is 972. The van der Waals surface area contributed by atoms with Crippen LogP contribution in [0.5, 0.6) is 0 Å². The Labute approximate surface area is 142 Å². The third-order valence-electron chi connectivity index (χ3n) is 3.71. The average Bonchev–Trinajstić information content (AvgIpc) is 3.13. The molecule has 0 atom stereocenters. The van der Waals surface area contributed by atoms with Crippen LogP contribution in [-0.4, -0.2) is 15.2 Å². The molecule has 2 aromatic carbocycles. The summed E-state index contributed by atoms with van der Waals surface area (Å²) in [7, 11) is 0. The van der Waals surface area contributed by atoms with Crippen LogP contribution in [0.25, 0.3) is 28.1 Å². The molecule has 112 valence electrons. The van der Waals surface area contributed by atoms with Gasteiger partial charge in [0.1, 0.15) is 4.32 Å². The zero-order valence-corrected chi connectivity index (χ0v) is 13.6. The molecule has 0 spiro atoms. The quantitative estimate of drug-likeness (QED) is 0.541. The van der Waals surface area contributed by atoms with Crippen LogP contribution in [0.2, 0.25) is 0 Å². The maximum atomic E-state index is 11.8. The molecule has 0 unspecified atom stereocenters. The van der Waals surface area contributed by atoms with Crippen molar-refractivity contribution in [3.8, 4) is 11.1 Å². The third-order valence-corrected chi connectivity index (χ3v) is 4.88. The molecule has 2 heterocycles. The summed E-state index contributed by atoms with van der Waals surface area (Å²) in [6.07, 6.45) is 3.81. The summed E-state index contributed by atoms with van der Waals surface area (Å²) in [5.74, 6) is -0.127. The van der Waals surface area contributed by atoms with Gasteiger partial charge in [-0.15, -0.1) is 0 Å². The first-order valence-electron chi connectivity index (χ1n) is 7.11. The Hall–Kier alpha value is -2.37. The number of hydrogen-bond acceptors (Lipinski definition) is 3. The van der Waals surface area contributed by atoms with E-state index in [-0.39, 0.29) is 5.91 Å². The lowest BCUT2D eigenvalue weighted by Crippen LogP contribution is -2.17. The molecule has 0 saturated carbocycles. The normalized spacial score (nSPS) is 16.3. The van der Waals surface area contributed by atoms with Crippen molar-refractivity contribution in [2.24, 2.45) is 0 Å². The molecule has 3 aromatic rings. The summed E-state index contributed by atoms with van der Waals surface area (Å²) in [5.41, 5.74) is 4.35. The summed E-state index contributed by atoms with van der Waals surface area (Å²) in [4.78, 5) is 15.6. The van der Waals surface area contributed by atoms with Gasteiger partial charge in [-0.25, -0.2) is 0 Å². The summed E-state index contributed by atoms with van der Waals surface area (Å²) >= 11 is 6.31.